The number of likely N-dealkylation sites (tertiary alicyclic amines) is 1. The second-order valence-electron chi connectivity index (χ2n) is 5.79. The van der Waals surface area contributed by atoms with Crippen LogP contribution < -0.4 is 5.32 Å². The highest BCUT2D eigenvalue weighted by atomic mass is 16.2. The van der Waals surface area contributed by atoms with E-state index >= 15 is 0 Å². The maximum absolute atomic E-state index is 12.0. The lowest BCUT2D eigenvalue weighted by molar-refractivity contribution is -0.132. The van der Waals surface area contributed by atoms with Gasteiger partial charge in [-0.15, -0.1) is 0 Å². The fourth-order valence-electron chi connectivity index (χ4n) is 2.42. The standard InChI is InChI=1S/C14H29N3O/c1-12(2)15-9-5-6-14(18)17-10-7-13(8-11-17)16(3)4/h12-13,15H,5-11H2,1-4H3. The minimum atomic E-state index is 0.331. The lowest BCUT2D eigenvalue weighted by Crippen LogP contribution is -2.44. The van der Waals surface area contributed by atoms with E-state index in [4.69, 9.17) is 0 Å². The molecular formula is C14H29N3O. The highest BCUT2D eigenvalue weighted by Gasteiger charge is 2.23. The number of amides is 1. The molecule has 0 radical (unpaired) electrons. The van der Waals surface area contributed by atoms with Crippen molar-refractivity contribution >= 4 is 5.91 Å². The zero-order chi connectivity index (χ0) is 13.5. The lowest BCUT2D eigenvalue weighted by Gasteiger charge is -2.35. The van der Waals surface area contributed by atoms with Gasteiger partial charge in [0.15, 0.2) is 0 Å². The zero-order valence-corrected chi connectivity index (χ0v) is 12.4. The Labute approximate surface area is 112 Å². The maximum atomic E-state index is 12.0. The molecule has 0 spiro atoms. The van der Waals surface area contributed by atoms with Crippen molar-refractivity contribution in [1.82, 2.24) is 15.1 Å². The Balaban J connectivity index is 2.16. The number of nitrogens with one attached hydrogen (secondary N) is 1. The van der Waals surface area contributed by atoms with E-state index < -0.39 is 0 Å². The number of nitrogens with zero attached hydrogens (tertiary/aromatic N) is 2. The molecular weight excluding hydrogens is 226 g/mol. The van der Waals surface area contributed by atoms with Crippen LogP contribution in [0.4, 0.5) is 0 Å². The van der Waals surface area contributed by atoms with Crippen LogP contribution in [-0.4, -0.2) is 61.5 Å². The van der Waals surface area contributed by atoms with Gasteiger partial charge in [-0.1, -0.05) is 13.8 Å². The molecule has 1 fully saturated rings. The first-order valence-electron chi connectivity index (χ1n) is 7.18. The Morgan fingerprint density at radius 2 is 1.94 bits per heavy atom. The van der Waals surface area contributed by atoms with Crippen molar-refractivity contribution in [2.45, 2.75) is 51.6 Å². The van der Waals surface area contributed by atoms with Gasteiger partial charge in [-0.05, 0) is 39.9 Å². The molecule has 1 aliphatic heterocycles. The van der Waals surface area contributed by atoms with Crippen molar-refractivity contribution in [2.24, 2.45) is 0 Å². The molecule has 0 atom stereocenters. The summed E-state index contributed by atoms with van der Waals surface area (Å²) < 4.78 is 0. The largest absolute Gasteiger partial charge is 0.343 e. The van der Waals surface area contributed by atoms with Crippen molar-refractivity contribution in [3.8, 4) is 0 Å². The third-order valence-corrected chi connectivity index (χ3v) is 3.67. The summed E-state index contributed by atoms with van der Waals surface area (Å²) in [6, 6.07) is 1.16. The molecule has 0 aromatic rings. The van der Waals surface area contributed by atoms with Crippen molar-refractivity contribution in [3.05, 3.63) is 0 Å². The molecule has 0 aromatic heterocycles. The molecule has 1 aliphatic rings. The van der Waals surface area contributed by atoms with E-state index in [0.717, 1.165) is 38.9 Å². The van der Waals surface area contributed by atoms with Crippen LogP contribution in [0.1, 0.15) is 39.5 Å². The Kier molecular flexibility index (Phi) is 6.65. The van der Waals surface area contributed by atoms with Gasteiger partial charge in [0, 0.05) is 31.6 Å². The predicted octanol–water partition coefficient (Wildman–Crippen LogP) is 1.32. The minimum absolute atomic E-state index is 0.331. The van der Waals surface area contributed by atoms with Gasteiger partial charge >= 0.3 is 0 Å². The topological polar surface area (TPSA) is 35.6 Å². The molecule has 0 aliphatic carbocycles. The van der Waals surface area contributed by atoms with Gasteiger partial charge in [0.05, 0.1) is 0 Å². The van der Waals surface area contributed by atoms with Crippen LogP contribution in [0.3, 0.4) is 0 Å². The van der Waals surface area contributed by atoms with Crippen molar-refractivity contribution in [3.63, 3.8) is 0 Å². The van der Waals surface area contributed by atoms with Crippen molar-refractivity contribution in [2.75, 3.05) is 33.7 Å². The Bertz CT molecular complexity index is 245. The fraction of sp³-hybridized carbons (Fsp3) is 0.929. The maximum Gasteiger partial charge on any atom is 0.222 e. The van der Waals surface area contributed by atoms with Crippen LogP contribution in [0.5, 0.6) is 0 Å². The fourth-order valence-corrected chi connectivity index (χ4v) is 2.42. The number of rotatable bonds is 6. The van der Waals surface area contributed by atoms with Gasteiger partial charge in [-0.3, -0.25) is 4.79 Å². The van der Waals surface area contributed by atoms with Gasteiger partial charge in [0.25, 0.3) is 0 Å². The van der Waals surface area contributed by atoms with Crippen LogP contribution in [-0.2, 0) is 4.79 Å². The monoisotopic (exact) mass is 255 g/mol. The molecule has 18 heavy (non-hydrogen) atoms. The molecule has 1 heterocycles. The molecule has 1 N–H and O–H groups in total. The first-order chi connectivity index (χ1) is 8.50. The molecule has 106 valence electrons. The third-order valence-electron chi connectivity index (χ3n) is 3.67. The first-order valence-corrected chi connectivity index (χ1v) is 7.18. The second-order valence-corrected chi connectivity index (χ2v) is 5.79. The van der Waals surface area contributed by atoms with Gasteiger partial charge in [-0.25, -0.2) is 0 Å². The van der Waals surface area contributed by atoms with Crippen LogP contribution in [0.15, 0.2) is 0 Å². The number of hydrogen-bond donors (Lipinski definition) is 1. The summed E-state index contributed by atoms with van der Waals surface area (Å²) >= 11 is 0. The second kappa shape index (κ2) is 7.74. The molecule has 1 amide bonds. The van der Waals surface area contributed by atoms with E-state index in [-0.39, 0.29) is 0 Å². The summed E-state index contributed by atoms with van der Waals surface area (Å²) in [5.41, 5.74) is 0. The number of carbonyl (C=O) groups excluding carboxylic acids is 1. The predicted molar refractivity (Wildman–Crippen MR) is 75.7 cm³/mol. The van der Waals surface area contributed by atoms with E-state index in [1.807, 2.05) is 4.90 Å². The Morgan fingerprint density at radius 1 is 1.33 bits per heavy atom. The summed E-state index contributed by atoms with van der Waals surface area (Å²) in [4.78, 5) is 16.3. The van der Waals surface area contributed by atoms with Gasteiger partial charge in [0.2, 0.25) is 5.91 Å². The summed E-state index contributed by atoms with van der Waals surface area (Å²) in [5.74, 6) is 0.331. The van der Waals surface area contributed by atoms with Crippen molar-refractivity contribution in [1.29, 1.82) is 0 Å². The molecule has 0 bridgehead atoms. The Morgan fingerprint density at radius 3 is 2.44 bits per heavy atom. The summed E-state index contributed by atoms with van der Waals surface area (Å²) in [6.07, 6.45) is 3.86. The average molecular weight is 255 g/mol. The molecule has 0 saturated carbocycles. The molecule has 0 unspecified atom stereocenters. The van der Waals surface area contributed by atoms with E-state index in [1.165, 1.54) is 0 Å². The third kappa shape index (κ3) is 5.36. The molecule has 1 saturated heterocycles. The summed E-state index contributed by atoms with van der Waals surface area (Å²) in [5, 5.41) is 3.35. The van der Waals surface area contributed by atoms with Crippen LogP contribution >= 0.6 is 0 Å². The van der Waals surface area contributed by atoms with E-state index in [9.17, 15) is 4.79 Å². The Hall–Kier alpha value is -0.610. The normalized spacial score (nSPS) is 17.8. The zero-order valence-electron chi connectivity index (χ0n) is 12.4. The molecule has 4 nitrogen and oxygen atoms in total. The van der Waals surface area contributed by atoms with Gasteiger partial charge in [-0.2, -0.15) is 0 Å². The smallest absolute Gasteiger partial charge is 0.222 e. The molecule has 0 aromatic carbocycles. The molecule has 4 heteroatoms. The molecule has 1 rings (SSSR count). The highest BCUT2D eigenvalue weighted by Crippen LogP contribution is 2.15. The first kappa shape index (κ1) is 15.4. The highest BCUT2D eigenvalue weighted by molar-refractivity contribution is 5.76. The summed E-state index contributed by atoms with van der Waals surface area (Å²) in [6.45, 7) is 7.07. The van der Waals surface area contributed by atoms with Crippen molar-refractivity contribution < 1.29 is 4.79 Å². The van der Waals surface area contributed by atoms with Gasteiger partial charge in [0.1, 0.15) is 0 Å². The lowest BCUT2D eigenvalue weighted by atomic mass is 10.0. The minimum Gasteiger partial charge on any atom is -0.343 e. The van der Waals surface area contributed by atoms with E-state index in [0.29, 0.717) is 24.4 Å². The van der Waals surface area contributed by atoms with E-state index in [2.05, 4.69) is 38.2 Å². The number of piperidine rings is 1. The number of hydrogen-bond acceptors (Lipinski definition) is 3. The van der Waals surface area contributed by atoms with E-state index in [1.54, 1.807) is 0 Å². The van der Waals surface area contributed by atoms with Gasteiger partial charge < -0.3 is 15.1 Å². The number of carbonyl (C=O) groups is 1. The quantitative estimate of drug-likeness (QED) is 0.727. The SMILES string of the molecule is CC(C)NCCCC(=O)N1CCC(N(C)C)CC1. The van der Waals surface area contributed by atoms with Crippen LogP contribution in [0, 0.1) is 0 Å². The summed E-state index contributed by atoms with van der Waals surface area (Å²) in [7, 11) is 4.25. The van der Waals surface area contributed by atoms with Crippen LogP contribution in [0.25, 0.3) is 0 Å². The average Bonchev–Trinajstić information content (AvgIpc) is 2.34. The van der Waals surface area contributed by atoms with Crippen LogP contribution in [0.2, 0.25) is 0 Å².